The summed E-state index contributed by atoms with van der Waals surface area (Å²) in [7, 11) is 0. The maximum atomic E-state index is 16.3. The molecule has 5 rings (SSSR count). The van der Waals surface area contributed by atoms with Gasteiger partial charge in [0.1, 0.15) is 34.9 Å². The third-order valence-corrected chi connectivity index (χ3v) is 7.90. The average molecular weight is 591 g/mol. The van der Waals surface area contributed by atoms with E-state index in [0.29, 0.717) is 54.9 Å². The van der Waals surface area contributed by atoms with Crippen LogP contribution in [0.3, 0.4) is 0 Å². The monoisotopic (exact) mass is 590 g/mol. The smallest absolute Gasteiger partial charge is 0.274 e. The van der Waals surface area contributed by atoms with Crippen LogP contribution >= 0.6 is 11.6 Å². The molecule has 3 aromatic rings. The van der Waals surface area contributed by atoms with E-state index in [-0.39, 0.29) is 23.1 Å². The fraction of sp³-hybridized carbons (Fsp3) is 0.429. The number of hydrogen-bond acceptors (Lipinski definition) is 8. The fourth-order valence-electron chi connectivity index (χ4n) is 5.14. The fourth-order valence-corrected chi connectivity index (χ4v) is 5.34. The molecule has 1 fully saturated rings. The molecule has 2 N–H and O–H groups in total. The minimum absolute atomic E-state index is 0.0283. The molecule has 218 valence electrons. The SMILES string of the molecule is CC1=CNC(c2ccnc(N3CCC(C)(O)CC3)n2)C(F)[C@H]1n1c(C)cc(OCc2ncc(F)cc2F)c(Cl)c1=O. The van der Waals surface area contributed by atoms with E-state index in [1.807, 2.05) is 4.90 Å². The third kappa shape index (κ3) is 5.89. The third-order valence-electron chi connectivity index (χ3n) is 7.55. The summed E-state index contributed by atoms with van der Waals surface area (Å²) in [4.78, 5) is 28.0. The van der Waals surface area contributed by atoms with Gasteiger partial charge >= 0.3 is 0 Å². The molecule has 13 heteroatoms. The Bertz CT molecular complexity index is 1540. The van der Waals surface area contributed by atoms with Crippen molar-refractivity contribution in [1.29, 1.82) is 0 Å². The van der Waals surface area contributed by atoms with E-state index in [0.717, 1.165) is 6.20 Å². The molecule has 2 aliphatic heterocycles. The number of aryl methyl sites for hydroxylation is 1. The Morgan fingerprint density at radius 2 is 1.95 bits per heavy atom. The molecule has 2 unspecified atom stereocenters. The quantitative estimate of drug-likeness (QED) is 0.437. The molecule has 41 heavy (non-hydrogen) atoms. The lowest BCUT2D eigenvalue weighted by Gasteiger charge is -2.37. The topological polar surface area (TPSA) is 105 Å². The van der Waals surface area contributed by atoms with Gasteiger partial charge in [-0.15, -0.1) is 0 Å². The maximum Gasteiger partial charge on any atom is 0.274 e. The molecule has 5 heterocycles. The van der Waals surface area contributed by atoms with Crippen LogP contribution in [0, 0.1) is 18.6 Å². The highest BCUT2D eigenvalue weighted by atomic mass is 35.5. The summed E-state index contributed by atoms with van der Waals surface area (Å²) < 4.78 is 50.3. The maximum absolute atomic E-state index is 16.3. The molecule has 0 radical (unpaired) electrons. The van der Waals surface area contributed by atoms with Gasteiger partial charge in [-0.05, 0) is 51.5 Å². The summed E-state index contributed by atoms with van der Waals surface area (Å²) in [5.41, 5.74) is -0.231. The number of pyridine rings is 2. The first-order chi connectivity index (χ1) is 19.4. The van der Waals surface area contributed by atoms with Crippen molar-refractivity contribution >= 4 is 17.5 Å². The first-order valence-corrected chi connectivity index (χ1v) is 13.5. The number of alkyl halides is 1. The zero-order valence-electron chi connectivity index (χ0n) is 22.7. The summed E-state index contributed by atoms with van der Waals surface area (Å²) in [6.07, 6.45) is 3.60. The Morgan fingerprint density at radius 1 is 1.22 bits per heavy atom. The Labute approximate surface area is 239 Å². The van der Waals surface area contributed by atoms with Crippen molar-refractivity contribution in [3.05, 3.63) is 86.5 Å². The summed E-state index contributed by atoms with van der Waals surface area (Å²) >= 11 is 6.36. The van der Waals surface area contributed by atoms with Gasteiger partial charge in [-0.2, -0.15) is 0 Å². The van der Waals surface area contributed by atoms with Crippen LogP contribution in [0.25, 0.3) is 0 Å². The number of nitrogens with one attached hydrogen (secondary N) is 1. The summed E-state index contributed by atoms with van der Waals surface area (Å²) in [6.45, 7) is 5.87. The minimum atomic E-state index is -1.61. The second kappa shape index (κ2) is 11.3. The highest BCUT2D eigenvalue weighted by Gasteiger charge is 2.39. The molecule has 3 aromatic heterocycles. The van der Waals surface area contributed by atoms with E-state index in [1.165, 1.54) is 10.6 Å². The van der Waals surface area contributed by atoms with Crippen LogP contribution in [-0.4, -0.2) is 49.5 Å². The Balaban J connectivity index is 1.40. The number of anilines is 1. The number of hydrogen-bond donors (Lipinski definition) is 2. The molecule has 3 atom stereocenters. The summed E-state index contributed by atoms with van der Waals surface area (Å²) in [6, 6.07) is 1.89. The molecule has 0 saturated carbocycles. The van der Waals surface area contributed by atoms with Gasteiger partial charge < -0.3 is 24.6 Å². The van der Waals surface area contributed by atoms with E-state index in [9.17, 15) is 18.7 Å². The van der Waals surface area contributed by atoms with Crippen LogP contribution in [0.1, 0.15) is 55.9 Å². The number of allylic oxidation sites excluding steroid dienone is 1. The van der Waals surface area contributed by atoms with Gasteiger partial charge in [0.05, 0.1) is 23.5 Å². The van der Waals surface area contributed by atoms with Gasteiger partial charge in [-0.25, -0.2) is 23.1 Å². The van der Waals surface area contributed by atoms with Crippen molar-refractivity contribution in [2.75, 3.05) is 18.0 Å². The van der Waals surface area contributed by atoms with Crippen LogP contribution in [0.5, 0.6) is 5.75 Å². The van der Waals surface area contributed by atoms with Gasteiger partial charge in [0, 0.05) is 37.1 Å². The van der Waals surface area contributed by atoms with Crippen molar-refractivity contribution in [2.45, 2.75) is 64.1 Å². The van der Waals surface area contributed by atoms with Crippen LogP contribution in [-0.2, 0) is 6.61 Å². The van der Waals surface area contributed by atoms with E-state index < -0.39 is 41.1 Å². The largest absolute Gasteiger partial charge is 0.485 e. The first kappa shape index (κ1) is 28.9. The number of piperidine rings is 1. The predicted octanol–water partition coefficient (Wildman–Crippen LogP) is 4.33. The van der Waals surface area contributed by atoms with Crippen LogP contribution in [0.2, 0.25) is 5.02 Å². The molecule has 2 aliphatic rings. The Hall–Kier alpha value is -3.64. The van der Waals surface area contributed by atoms with Gasteiger partial charge in [0.15, 0.2) is 12.0 Å². The highest BCUT2D eigenvalue weighted by molar-refractivity contribution is 6.31. The van der Waals surface area contributed by atoms with Crippen molar-refractivity contribution in [1.82, 2.24) is 24.8 Å². The second-order valence-corrected chi connectivity index (χ2v) is 11.1. The molecule has 9 nitrogen and oxygen atoms in total. The van der Waals surface area contributed by atoms with Crippen molar-refractivity contribution < 1.29 is 23.0 Å². The van der Waals surface area contributed by atoms with Gasteiger partial charge in [0.2, 0.25) is 5.95 Å². The predicted molar refractivity (Wildman–Crippen MR) is 147 cm³/mol. The lowest BCUT2D eigenvalue weighted by molar-refractivity contribution is 0.0348. The number of ether oxygens (including phenoxy) is 1. The number of rotatable bonds is 6. The molecule has 0 aromatic carbocycles. The minimum Gasteiger partial charge on any atom is -0.485 e. The average Bonchev–Trinajstić information content (AvgIpc) is 2.92. The summed E-state index contributed by atoms with van der Waals surface area (Å²) in [5, 5.41) is 13.0. The molecule has 0 bridgehead atoms. The molecule has 0 spiro atoms. The molecule has 1 saturated heterocycles. The standard InChI is InChI=1S/C28H30ClF3N6O3/c1-15-12-35-24(19-4-7-33-27(36-19)37-8-5-28(3,40)6-9-37)23(32)25(15)38-16(2)10-21(22(29)26(38)39)41-14-20-18(31)11-17(30)13-34-20/h4,7,10-13,23-25,35,40H,5-6,8-9,14H2,1-3H3/t23?,24?,25-/m0/s1. The normalized spacial score (nSPS) is 22.2. The number of nitrogens with zero attached hydrogens (tertiary/aromatic N) is 5. The van der Waals surface area contributed by atoms with E-state index >= 15 is 4.39 Å². The zero-order valence-corrected chi connectivity index (χ0v) is 23.5. The summed E-state index contributed by atoms with van der Waals surface area (Å²) in [5.74, 6) is -1.31. The van der Waals surface area contributed by atoms with Crippen LogP contribution in [0.15, 0.2) is 47.2 Å². The second-order valence-electron chi connectivity index (χ2n) is 10.7. The van der Waals surface area contributed by atoms with Crippen LogP contribution in [0.4, 0.5) is 19.1 Å². The van der Waals surface area contributed by atoms with Crippen molar-refractivity contribution in [2.24, 2.45) is 0 Å². The lowest BCUT2D eigenvalue weighted by atomic mass is 9.92. The molecule has 0 aliphatic carbocycles. The van der Waals surface area contributed by atoms with Crippen LogP contribution < -0.4 is 20.5 Å². The Morgan fingerprint density at radius 3 is 2.66 bits per heavy atom. The zero-order chi connectivity index (χ0) is 29.5. The van der Waals surface area contributed by atoms with Gasteiger partial charge in [0.25, 0.3) is 5.56 Å². The number of aliphatic hydroxyl groups is 1. The molecule has 0 amide bonds. The van der Waals surface area contributed by atoms with Crippen molar-refractivity contribution in [3.63, 3.8) is 0 Å². The lowest BCUT2D eigenvalue weighted by Crippen LogP contribution is -2.44. The first-order valence-electron chi connectivity index (χ1n) is 13.2. The number of aromatic nitrogens is 4. The van der Waals surface area contributed by atoms with Crippen molar-refractivity contribution in [3.8, 4) is 5.75 Å². The van der Waals surface area contributed by atoms with E-state index in [4.69, 9.17) is 16.3 Å². The molecular formula is C28H30ClF3N6O3. The van der Waals surface area contributed by atoms with E-state index in [2.05, 4.69) is 20.3 Å². The van der Waals surface area contributed by atoms with Gasteiger partial charge in [-0.3, -0.25) is 9.78 Å². The molecular weight excluding hydrogens is 561 g/mol. The van der Waals surface area contributed by atoms with Gasteiger partial charge in [-0.1, -0.05) is 11.6 Å². The Kier molecular flexibility index (Phi) is 7.97. The van der Waals surface area contributed by atoms with E-state index in [1.54, 1.807) is 39.2 Å². The number of halogens is 4. The highest BCUT2D eigenvalue weighted by Crippen LogP contribution is 2.37.